The maximum Gasteiger partial charge on any atom is 0.126 e. The number of rotatable bonds is 20. The molecule has 354 valence electrons. The van der Waals surface area contributed by atoms with Crippen LogP contribution in [-0.4, -0.2) is 39.6 Å². The van der Waals surface area contributed by atoms with E-state index in [-0.39, 0.29) is 13.2 Å². The number of unbranched alkanes of at least 4 members (excludes halogenated alkanes) is 4. The van der Waals surface area contributed by atoms with Gasteiger partial charge in [-0.05, 0) is 132 Å². The van der Waals surface area contributed by atoms with Crippen LogP contribution in [0.15, 0.2) is 97.1 Å². The van der Waals surface area contributed by atoms with Crippen molar-refractivity contribution in [3.05, 3.63) is 152 Å². The highest BCUT2D eigenvalue weighted by Crippen LogP contribution is 2.45. The third kappa shape index (κ3) is 9.56. The predicted octanol–water partition coefficient (Wildman–Crippen LogP) is 11.4. The average Bonchev–Trinajstić information content (AvgIpc) is 3.40. The Kier molecular flexibility index (Phi) is 15.3. The van der Waals surface area contributed by atoms with Crippen molar-refractivity contribution in [1.29, 1.82) is 21.0 Å². The number of nitrogens with zero attached hydrogens (tertiary/aromatic N) is 4. The zero-order valence-electron chi connectivity index (χ0n) is 40.5. The zero-order chi connectivity index (χ0) is 49.1. The van der Waals surface area contributed by atoms with Crippen LogP contribution in [0.3, 0.4) is 0 Å². The van der Waals surface area contributed by atoms with Crippen molar-refractivity contribution in [1.82, 2.24) is 0 Å². The van der Waals surface area contributed by atoms with Crippen LogP contribution in [0.5, 0.6) is 34.5 Å². The number of benzene rings is 6. The van der Waals surface area contributed by atoms with E-state index in [1.165, 1.54) is 0 Å². The van der Waals surface area contributed by atoms with Gasteiger partial charge in [0.25, 0.3) is 0 Å². The van der Waals surface area contributed by atoms with Gasteiger partial charge in [-0.1, -0.05) is 89.8 Å². The molecular weight excluding hydrogens is 873 g/mol. The highest BCUT2D eigenvalue weighted by molar-refractivity contribution is 5.90. The summed E-state index contributed by atoms with van der Waals surface area (Å²) in [6.07, 6.45) is 11.7. The van der Waals surface area contributed by atoms with Gasteiger partial charge in [-0.15, -0.1) is 0 Å². The molecule has 0 radical (unpaired) electrons. The molecule has 0 aliphatic carbocycles. The van der Waals surface area contributed by atoms with E-state index in [2.05, 4.69) is 64.1 Å². The van der Waals surface area contributed by atoms with E-state index in [1.807, 2.05) is 72.8 Å². The summed E-state index contributed by atoms with van der Waals surface area (Å²) in [5.74, 6) is 3.64. The van der Waals surface area contributed by atoms with Gasteiger partial charge in [-0.25, -0.2) is 0 Å². The van der Waals surface area contributed by atoms with Crippen LogP contribution in [0.25, 0.3) is 22.9 Å². The molecule has 0 spiro atoms. The molecule has 2 heterocycles. The lowest BCUT2D eigenvalue weighted by atomic mass is 9.69. The normalized spacial score (nSPS) is 13.8. The largest absolute Gasteiger partial charge is 0.494 e. The Balaban J connectivity index is 1.39. The van der Waals surface area contributed by atoms with Gasteiger partial charge in [0, 0.05) is 10.4 Å². The van der Waals surface area contributed by atoms with Gasteiger partial charge >= 0.3 is 0 Å². The highest BCUT2D eigenvalue weighted by atomic mass is 16.5. The minimum absolute atomic E-state index is 0.106. The van der Waals surface area contributed by atoms with E-state index in [0.29, 0.717) is 105 Å². The number of hydrogen-bond acceptors (Lipinski definition) is 10. The first kappa shape index (κ1) is 48.5. The Morgan fingerprint density at radius 3 is 0.957 bits per heavy atom. The summed E-state index contributed by atoms with van der Waals surface area (Å²) < 4.78 is 37.9. The van der Waals surface area contributed by atoms with Crippen LogP contribution in [0.4, 0.5) is 0 Å². The van der Waals surface area contributed by atoms with Crippen LogP contribution in [0.2, 0.25) is 0 Å². The van der Waals surface area contributed by atoms with E-state index in [4.69, 9.17) is 28.4 Å². The standard InChI is InChI=1S/C60H58N4O6/c1-5-9-25-65-45-13-19-53(41(29-45)35-61)59(54-20-14-46(30-42(54)36-62)66-26-10-6-2)33-51-49-17-24-58-52(50(49)18-23-57(51)69-39-59)34-60(40-70-58,55-21-15-47(31-43(55)37-63)67-27-11-7-3)56-22-16-48(32-44(56)38-64)68-28-12-8-4/h13-24,29-34H,5-12,25-28,39-40H2,1-4H3. The molecule has 6 aromatic carbocycles. The molecule has 70 heavy (non-hydrogen) atoms. The van der Waals surface area contributed by atoms with Gasteiger partial charge < -0.3 is 28.4 Å². The lowest BCUT2D eigenvalue weighted by Gasteiger charge is -2.37. The first-order valence-corrected chi connectivity index (χ1v) is 24.6. The summed E-state index contributed by atoms with van der Waals surface area (Å²) in [6.45, 7) is 10.7. The zero-order valence-corrected chi connectivity index (χ0v) is 40.5. The number of fused-ring (bicyclic) bond motifs is 5. The van der Waals surface area contributed by atoms with Crippen molar-refractivity contribution in [2.45, 2.75) is 89.9 Å². The minimum Gasteiger partial charge on any atom is -0.494 e. The second kappa shape index (κ2) is 22.0. The predicted molar refractivity (Wildman–Crippen MR) is 271 cm³/mol. The lowest BCUT2D eigenvalue weighted by molar-refractivity contribution is 0.264. The second-order valence-corrected chi connectivity index (χ2v) is 17.9. The van der Waals surface area contributed by atoms with Crippen molar-refractivity contribution in [3.63, 3.8) is 0 Å². The fraction of sp³-hybridized carbons (Fsp3) is 0.333. The van der Waals surface area contributed by atoms with Crippen LogP contribution >= 0.6 is 0 Å². The van der Waals surface area contributed by atoms with E-state index >= 15 is 0 Å². The molecule has 0 aromatic heterocycles. The van der Waals surface area contributed by atoms with E-state index < -0.39 is 10.8 Å². The molecule has 0 bridgehead atoms. The fourth-order valence-electron chi connectivity index (χ4n) is 9.55. The lowest BCUT2D eigenvalue weighted by Crippen LogP contribution is -2.41. The quantitative estimate of drug-likeness (QED) is 0.0677. The molecule has 0 atom stereocenters. The first-order chi connectivity index (χ1) is 34.3. The minimum atomic E-state index is -1.12. The molecule has 0 N–H and O–H groups in total. The molecule has 0 saturated heterocycles. The molecule has 2 aliphatic rings. The maximum atomic E-state index is 10.8. The molecule has 2 aliphatic heterocycles. The van der Waals surface area contributed by atoms with Crippen molar-refractivity contribution < 1.29 is 28.4 Å². The summed E-state index contributed by atoms with van der Waals surface area (Å²) in [6, 6.07) is 40.0. The highest BCUT2D eigenvalue weighted by Gasteiger charge is 2.42. The summed E-state index contributed by atoms with van der Waals surface area (Å²) in [5.41, 5.74) is 2.04. The topological polar surface area (TPSA) is 151 Å². The van der Waals surface area contributed by atoms with Gasteiger partial charge in [0.05, 0.1) is 83.8 Å². The molecular formula is C60H58N4O6. The van der Waals surface area contributed by atoms with Crippen molar-refractivity contribution >= 4 is 22.9 Å². The van der Waals surface area contributed by atoms with Crippen LogP contribution in [-0.2, 0) is 10.8 Å². The molecule has 10 nitrogen and oxygen atoms in total. The summed E-state index contributed by atoms with van der Waals surface area (Å²) in [5, 5.41) is 46.5. The number of ether oxygens (including phenoxy) is 6. The molecule has 10 heteroatoms. The van der Waals surface area contributed by atoms with Gasteiger partial charge in [-0.3, -0.25) is 0 Å². The fourth-order valence-corrected chi connectivity index (χ4v) is 9.55. The third-order valence-corrected chi connectivity index (χ3v) is 13.3. The van der Waals surface area contributed by atoms with Gasteiger partial charge in [0.1, 0.15) is 47.7 Å². The van der Waals surface area contributed by atoms with Crippen molar-refractivity contribution in [2.24, 2.45) is 0 Å². The van der Waals surface area contributed by atoms with Gasteiger partial charge in [0.15, 0.2) is 0 Å². The Bertz CT molecular complexity index is 2850. The van der Waals surface area contributed by atoms with Crippen molar-refractivity contribution in [3.8, 4) is 58.8 Å². The molecule has 0 amide bonds. The second-order valence-electron chi connectivity index (χ2n) is 17.9. The molecule has 0 fully saturated rings. The Labute approximate surface area is 411 Å². The Morgan fingerprint density at radius 2 is 0.700 bits per heavy atom. The molecule has 8 rings (SSSR count). The number of nitriles is 4. The smallest absolute Gasteiger partial charge is 0.126 e. The average molecular weight is 931 g/mol. The van der Waals surface area contributed by atoms with Gasteiger partial charge in [-0.2, -0.15) is 21.0 Å². The molecule has 0 unspecified atom stereocenters. The molecule has 0 saturated carbocycles. The summed E-state index contributed by atoms with van der Waals surface area (Å²) in [4.78, 5) is 0. The van der Waals surface area contributed by atoms with Crippen LogP contribution < -0.4 is 38.9 Å². The van der Waals surface area contributed by atoms with Crippen LogP contribution in [0, 0.1) is 45.3 Å². The van der Waals surface area contributed by atoms with Crippen molar-refractivity contribution in [2.75, 3.05) is 39.6 Å². The summed E-state index contributed by atoms with van der Waals surface area (Å²) >= 11 is 0. The third-order valence-electron chi connectivity index (χ3n) is 13.3. The van der Waals surface area contributed by atoms with E-state index in [1.54, 1.807) is 24.3 Å². The Morgan fingerprint density at radius 1 is 0.414 bits per heavy atom. The summed E-state index contributed by atoms with van der Waals surface area (Å²) in [7, 11) is 0. The van der Waals surface area contributed by atoms with E-state index in [0.717, 1.165) is 72.6 Å². The monoisotopic (exact) mass is 930 g/mol. The van der Waals surface area contributed by atoms with E-state index in [9.17, 15) is 21.0 Å². The first-order valence-electron chi connectivity index (χ1n) is 24.6. The van der Waals surface area contributed by atoms with Crippen LogP contribution in [0.1, 0.15) is 124 Å². The Hall–Kier alpha value is -7.92. The number of hydrogen-bond donors (Lipinski definition) is 0. The maximum absolute atomic E-state index is 10.8. The molecule has 6 aromatic rings. The SMILES string of the molecule is CCCCOc1ccc(C2(c3ccc(OCCCC)cc3C#N)C=c3c(ccc4c5c(ccc34)OCC(c3ccc(OCCCC)cc3C#N)(c3ccc(OCCCC)cc3C#N)C=5)OC2)c(C#N)c1. The van der Waals surface area contributed by atoms with Gasteiger partial charge in [0.2, 0.25) is 0 Å².